The lowest BCUT2D eigenvalue weighted by Gasteiger charge is -2.25. The van der Waals surface area contributed by atoms with Gasteiger partial charge in [0, 0.05) is 53.4 Å². The largest absolute Gasteiger partial charge is 0.372 e. The van der Waals surface area contributed by atoms with Crippen LogP contribution in [0.15, 0.2) is 139 Å². The molecule has 278 valence electrons. The normalized spacial score (nSPS) is 12.3. The van der Waals surface area contributed by atoms with Crippen molar-refractivity contribution in [3.8, 4) is 11.1 Å². The van der Waals surface area contributed by atoms with E-state index in [9.17, 15) is 25.9 Å². The van der Waals surface area contributed by atoms with Crippen LogP contribution in [0.25, 0.3) is 32.7 Å². The van der Waals surface area contributed by atoms with E-state index in [2.05, 4.69) is 30.3 Å². The summed E-state index contributed by atoms with van der Waals surface area (Å²) in [5, 5.41) is 19.6. The average Bonchev–Trinajstić information content (AvgIpc) is 3.16. The first kappa shape index (κ1) is 38.2. The third-order valence-corrected chi connectivity index (χ3v) is 11.1. The summed E-state index contributed by atoms with van der Waals surface area (Å²) in [4.78, 5) is 3.62. The van der Waals surface area contributed by atoms with Crippen LogP contribution in [0.2, 0.25) is 0 Å². The highest BCUT2D eigenvalue weighted by atomic mass is 32.2. The molecule has 0 atom stereocenters. The minimum absolute atomic E-state index is 0.0362. The van der Waals surface area contributed by atoms with Gasteiger partial charge in [0.2, 0.25) is 0 Å². The second-order valence-corrected chi connectivity index (χ2v) is 15.1. The molecule has 0 aromatic heterocycles. The fourth-order valence-electron chi connectivity index (χ4n) is 6.63. The van der Waals surface area contributed by atoms with Crippen LogP contribution in [-0.2, 0) is 20.2 Å². The van der Waals surface area contributed by atoms with Crippen LogP contribution in [0.4, 0.5) is 34.1 Å². The molecule has 54 heavy (non-hydrogen) atoms. The molecule has 0 fully saturated rings. The molecule has 0 radical (unpaired) electrons. The lowest BCUT2D eigenvalue weighted by atomic mass is 10.1. The Morgan fingerprint density at radius 1 is 0.500 bits per heavy atom. The highest BCUT2D eigenvalue weighted by Crippen LogP contribution is 2.42. The van der Waals surface area contributed by atoms with Crippen LogP contribution in [0.5, 0.6) is 0 Å². The highest BCUT2D eigenvalue weighted by molar-refractivity contribution is 7.86. The summed E-state index contributed by atoms with van der Waals surface area (Å²) < 4.78 is 70.2. The fraction of sp³-hybridized carbons (Fsp3) is 0.200. The van der Waals surface area contributed by atoms with Crippen molar-refractivity contribution in [1.29, 1.82) is 0 Å². The topological polar surface area (TPSA) is 165 Å². The molecule has 0 amide bonds. The van der Waals surface area contributed by atoms with Gasteiger partial charge in [0.1, 0.15) is 21.2 Å². The van der Waals surface area contributed by atoms with E-state index in [0.29, 0.717) is 64.8 Å². The van der Waals surface area contributed by atoms with Gasteiger partial charge in [-0.2, -0.15) is 27.1 Å². The van der Waals surface area contributed by atoms with Crippen LogP contribution in [0.3, 0.4) is 0 Å². The second kappa shape index (κ2) is 15.8. The van der Waals surface area contributed by atoms with Gasteiger partial charge in [0.25, 0.3) is 20.2 Å². The number of anilines is 2. The van der Waals surface area contributed by atoms with Crippen LogP contribution in [0, 0.1) is 0 Å². The zero-order valence-corrected chi connectivity index (χ0v) is 31.9. The summed E-state index contributed by atoms with van der Waals surface area (Å²) in [7, 11) is -9.18. The smallest absolute Gasteiger partial charge is 0.297 e. The SMILES string of the molecule is CCN(CC)c1cc(/N=N/c2ccc(-c3ccc(/N=N/c4cc(S(=O)(=O)O)c5ccccc5c4N(CC)CC)cc3)cc2)c(S(=O)(=O)O)c2ccccc12. The van der Waals surface area contributed by atoms with Crippen molar-refractivity contribution in [2.45, 2.75) is 37.5 Å². The minimum atomic E-state index is -4.64. The number of hydrogen-bond acceptors (Lipinski definition) is 10. The van der Waals surface area contributed by atoms with Gasteiger partial charge < -0.3 is 9.80 Å². The van der Waals surface area contributed by atoms with Gasteiger partial charge in [0.05, 0.1) is 17.1 Å². The predicted molar refractivity (Wildman–Crippen MR) is 215 cm³/mol. The van der Waals surface area contributed by atoms with Crippen LogP contribution in [-0.4, -0.2) is 52.1 Å². The Labute approximate surface area is 315 Å². The maximum absolute atomic E-state index is 12.6. The van der Waals surface area contributed by atoms with E-state index < -0.39 is 20.2 Å². The molecule has 0 aliphatic heterocycles. The molecule has 2 N–H and O–H groups in total. The monoisotopic (exact) mass is 764 g/mol. The maximum atomic E-state index is 12.6. The second-order valence-electron chi connectivity index (χ2n) is 12.4. The van der Waals surface area contributed by atoms with E-state index in [4.69, 9.17) is 0 Å². The predicted octanol–water partition coefficient (Wildman–Crippen LogP) is 10.7. The molecule has 0 bridgehead atoms. The number of fused-ring (bicyclic) bond motifs is 2. The van der Waals surface area contributed by atoms with Crippen molar-refractivity contribution < 1.29 is 25.9 Å². The van der Waals surface area contributed by atoms with Gasteiger partial charge in [-0.15, -0.1) is 10.2 Å². The molecule has 6 aromatic carbocycles. The van der Waals surface area contributed by atoms with Gasteiger partial charge >= 0.3 is 0 Å². The van der Waals surface area contributed by atoms with E-state index in [-0.39, 0.29) is 15.5 Å². The third kappa shape index (κ3) is 7.87. The Kier molecular flexibility index (Phi) is 11.2. The molecule has 6 rings (SSSR count). The zero-order chi connectivity index (χ0) is 38.6. The Balaban J connectivity index is 1.29. The lowest BCUT2D eigenvalue weighted by Crippen LogP contribution is -2.22. The third-order valence-electron chi connectivity index (χ3n) is 9.25. The van der Waals surface area contributed by atoms with Crippen LogP contribution >= 0.6 is 0 Å². The Morgan fingerprint density at radius 2 is 0.963 bits per heavy atom. The summed E-state index contributed by atoms with van der Waals surface area (Å²) >= 11 is 0. The first-order valence-electron chi connectivity index (χ1n) is 17.5. The Bertz CT molecular complexity index is 2600. The summed E-state index contributed by atoms with van der Waals surface area (Å²) in [5.74, 6) is 0. The highest BCUT2D eigenvalue weighted by Gasteiger charge is 2.24. The molecule has 6 aromatic rings. The fourth-order valence-corrected chi connectivity index (χ4v) is 8.16. The first-order valence-corrected chi connectivity index (χ1v) is 20.4. The van der Waals surface area contributed by atoms with Crippen molar-refractivity contribution in [3.05, 3.63) is 109 Å². The molecule has 12 nitrogen and oxygen atoms in total. The number of hydrogen-bond donors (Lipinski definition) is 2. The molecule has 0 heterocycles. The van der Waals surface area contributed by atoms with Crippen molar-refractivity contribution in [3.63, 3.8) is 0 Å². The van der Waals surface area contributed by atoms with E-state index in [0.717, 1.165) is 22.5 Å². The summed E-state index contributed by atoms with van der Waals surface area (Å²) in [5.41, 5.74) is 4.63. The van der Waals surface area contributed by atoms with E-state index >= 15 is 0 Å². The summed E-state index contributed by atoms with van der Waals surface area (Å²) in [6.45, 7) is 10.7. The standard InChI is InChI=1S/C40H40N6O6S2/c1-5-45(6-2)37-25-36(40(54(50,51)52)34-16-12-9-13-31(34)37)44-42-30-23-19-28(20-24-30)27-17-21-29(22-18-27)41-43-35-26-38(53(47,48)49)32-14-10-11-15-33(32)39(35)46(7-3)8-4/h9-26H,5-8H2,1-4H3,(H,47,48,49)(H,50,51,52)/b43-41+,44-42+. The average molecular weight is 765 g/mol. The van der Waals surface area contributed by atoms with E-state index in [1.165, 1.54) is 6.07 Å². The molecule has 0 saturated carbocycles. The zero-order valence-electron chi connectivity index (χ0n) is 30.2. The van der Waals surface area contributed by atoms with Crippen molar-refractivity contribution in [2.75, 3.05) is 36.0 Å². The maximum Gasteiger partial charge on any atom is 0.297 e. The van der Waals surface area contributed by atoms with Crippen molar-refractivity contribution >= 4 is 75.9 Å². The van der Waals surface area contributed by atoms with E-state index in [1.807, 2.05) is 76.2 Å². The minimum Gasteiger partial charge on any atom is -0.372 e. The molecule has 0 spiro atoms. The summed E-state index contributed by atoms with van der Waals surface area (Å²) in [6.07, 6.45) is 0. The van der Waals surface area contributed by atoms with Crippen LogP contribution < -0.4 is 9.80 Å². The number of nitrogens with zero attached hydrogens (tertiary/aromatic N) is 6. The van der Waals surface area contributed by atoms with Gasteiger partial charge in [-0.25, -0.2) is 0 Å². The van der Waals surface area contributed by atoms with Crippen LogP contribution in [0.1, 0.15) is 27.7 Å². The van der Waals surface area contributed by atoms with Gasteiger partial charge in [-0.05, 0) is 75.2 Å². The van der Waals surface area contributed by atoms with Gasteiger partial charge in [0.15, 0.2) is 0 Å². The molecule has 0 aliphatic carbocycles. The van der Waals surface area contributed by atoms with Crippen molar-refractivity contribution in [1.82, 2.24) is 0 Å². The number of rotatable bonds is 13. The molecule has 0 aliphatic rings. The molecule has 0 saturated heterocycles. The number of azo groups is 2. The van der Waals surface area contributed by atoms with Gasteiger partial charge in [-0.1, -0.05) is 72.8 Å². The Morgan fingerprint density at radius 3 is 1.44 bits per heavy atom. The number of benzene rings is 6. The Hall–Kier alpha value is -5.54. The lowest BCUT2D eigenvalue weighted by molar-refractivity contribution is 0.482. The molecular weight excluding hydrogens is 725 g/mol. The molecule has 14 heteroatoms. The summed E-state index contributed by atoms with van der Waals surface area (Å²) in [6, 6.07) is 31.6. The molecular formula is C40H40N6O6S2. The molecule has 0 unspecified atom stereocenters. The van der Waals surface area contributed by atoms with E-state index in [1.54, 1.807) is 54.6 Å². The van der Waals surface area contributed by atoms with Crippen molar-refractivity contribution in [2.24, 2.45) is 20.5 Å². The first-order chi connectivity index (χ1) is 25.9. The van der Waals surface area contributed by atoms with Gasteiger partial charge in [-0.3, -0.25) is 9.11 Å². The quantitative estimate of drug-likeness (QED) is 0.0866.